The fourth-order valence-corrected chi connectivity index (χ4v) is 3.46. The number of rotatable bonds is 6. The van der Waals surface area contributed by atoms with Crippen LogP contribution in [0.5, 0.6) is 0 Å². The van der Waals surface area contributed by atoms with E-state index in [1.807, 2.05) is 6.92 Å². The standard InChI is InChI=1S/C24H22F2N4O3/c1-12-6-18(30-24(33)21(31)13-7-15(25)10-16(26)8-13)4-5-19(12)14-9-20(22(27)28-11-14)23(32)29-17-2-3-17/h4-11,17,21,31H,2-3H2,1H3,(H2,27,28)(H,29,32)(H,30,33). The number of amides is 2. The summed E-state index contributed by atoms with van der Waals surface area (Å²) in [5.74, 6) is -2.74. The van der Waals surface area contributed by atoms with E-state index in [0.717, 1.165) is 36.1 Å². The van der Waals surface area contributed by atoms with Crippen LogP contribution in [0, 0.1) is 18.6 Å². The molecule has 9 heteroatoms. The number of hydrogen-bond donors (Lipinski definition) is 4. The zero-order valence-corrected chi connectivity index (χ0v) is 17.7. The molecule has 1 aliphatic rings. The number of pyridine rings is 1. The van der Waals surface area contributed by atoms with E-state index in [1.54, 1.807) is 30.5 Å². The molecule has 0 bridgehead atoms. The van der Waals surface area contributed by atoms with Crippen molar-refractivity contribution in [2.45, 2.75) is 31.9 Å². The molecule has 170 valence electrons. The number of carbonyl (C=O) groups is 2. The van der Waals surface area contributed by atoms with Crippen LogP contribution in [0.4, 0.5) is 20.3 Å². The highest BCUT2D eigenvalue weighted by Crippen LogP contribution is 2.29. The van der Waals surface area contributed by atoms with E-state index in [1.165, 1.54) is 0 Å². The maximum atomic E-state index is 13.4. The smallest absolute Gasteiger partial charge is 0.257 e. The molecule has 0 aliphatic heterocycles. The maximum absolute atomic E-state index is 13.4. The molecule has 1 aliphatic carbocycles. The lowest BCUT2D eigenvalue weighted by Crippen LogP contribution is -2.26. The second-order valence-electron chi connectivity index (χ2n) is 8.03. The second-order valence-corrected chi connectivity index (χ2v) is 8.03. The number of aryl methyl sites for hydroxylation is 1. The Labute approximate surface area is 188 Å². The van der Waals surface area contributed by atoms with Crippen molar-refractivity contribution < 1.29 is 23.5 Å². The molecule has 3 aromatic rings. The zero-order valence-electron chi connectivity index (χ0n) is 17.7. The minimum atomic E-state index is -1.75. The Morgan fingerprint density at radius 3 is 2.45 bits per heavy atom. The largest absolute Gasteiger partial charge is 0.383 e. The average Bonchev–Trinajstić information content (AvgIpc) is 3.57. The summed E-state index contributed by atoms with van der Waals surface area (Å²) in [5.41, 5.74) is 8.58. The van der Waals surface area contributed by atoms with E-state index >= 15 is 0 Å². The fourth-order valence-electron chi connectivity index (χ4n) is 3.46. The Kier molecular flexibility index (Phi) is 6.06. The van der Waals surface area contributed by atoms with Crippen LogP contribution in [0.25, 0.3) is 11.1 Å². The van der Waals surface area contributed by atoms with Crippen molar-refractivity contribution in [3.8, 4) is 11.1 Å². The molecule has 1 aromatic heterocycles. The number of nitrogen functional groups attached to an aromatic ring is 1. The number of anilines is 2. The molecule has 0 radical (unpaired) electrons. The van der Waals surface area contributed by atoms with Crippen LogP contribution in [0.2, 0.25) is 0 Å². The van der Waals surface area contributed by atoms with Crippen molar-refractivity contribution in [1.82, 2.24) is 10.3 Å². The van der Waals surface area contributed by atoms with Crippen LogP contribution in [0.3, 0.4) is 0 Å². The second kappa shape index (κ2) is 8.95. The summed E-state index contributed by atoms with van der Waals surface area (Å²) in [5, 5.41) is 15.6. The molecule has 1 unspecified atom stereocenters. The first-order valence-electron chi connectivity index (χ1n) is 10.3. The number of aromatic nitrogens is 1. The topological polar surface area (TPSA) is 117 Å². The van der Waals surface area contributed by atoms with Crippen LogP contribution in [0.1, 0.15) is 40.4 Å². The van der Waals surface area contributed by atoms with Crippen molar-refractivity contribution in [2.24, 2.45) is 0 Å². The van der Waals surface area contributed by atoms with Gasteiger partial charge in [0.25, 0.3) is 11.8 Å². The number of nitrogens with zero attached hydrogens (tertiary/aromatic N) is 1. The molecule has 4 rings (SSSR count). The number of nitrogens with two attached hydrogens (primary N) is 1. The lowest BCUT2D eigenvalue weighted by atomic mass is 9.99. The summed E-state index contributed by atoms with van der Waals surface area (Å²) in [6.45, 7) is 1.81. The van der Waals surface area contributed by atoms with Crippen molar-refractivity contribution in [3.05, 3.63) is 77.0 Å². The Morgan fingerprint density at radius 1 is 1.12 bits per heavy atom. The highest BCUT2D eigenvalue weighted by atomic mass is 19.1. The number of aliphatic hydroxyl groups is 1. The van der Waals surface area contributed by atoms with E-state index < -0.39 is 23.6 Å². The molecule has 1 atom stereocenters. The lowest BCUT2D eigenvalue weighted by molar-refractivity contribution is -0.124. The number of benzene rings is 2. The first-order chi connectivity index (χ1) is 15.7. The molecule has 1 fully saturated rings. The van der Waals surface area contributed by atoms with E-state index in [4.69, 9.17) is 5.73 Å². The van der Waals surface area contributed by atoms with E-state index in [-0.39, 0.29) is 23.3 Å². The van der Waals surface area contributed by atoms with Gasteiger partial charge in [-0.2, -0.15) is 0 Å². The predicted molar refractivity (Wildman–Crippen MR) is 119 cm³/mol. The molecule has 1 saturated carbocycles. The van der Waals surface area contributed by atoms with Crippen molar-refractivity contribution in [2.75, 3.05) is 11.1 Å². The minimum Gasteiger partial charge on any atom is -0.383 e. The van der Waals surface area contributed by atoms with E-state index in [9.17, 15) is 23.5 Å². The number of aliphatic hydroxyl groups excluding tert-OH is 1. The van der Waals surface area contributed by atoms with Crippen LogP contribution in [0.15, 0.2) is 48.7 Å². The summed E-state index contributed by atoms with van der Waals surface area (Å²) in [6.07, 6.45) is 1.72. The molecule has 0 saturated heterocycles. The highest BCUT2D eigenvalue weighted by molar-refractivity contribution is 6.00. The van der Waals surface area contributed by atoms with Crippen molar-refractivity contribution >= 4 is 23.3 Å². The highest BCUT2D eigenvalue weighted by Gasteiger charge is 2.25. The first kappa shape index (κ1) is 22.3. The van der Waals surface area contributed by atoms with Gasteiger partial charge in [-0.05, 0) is 66.8 Å². The van der Waals surface area contributed by atoms with E-state index in [2.05, 4.69) is 15.6 Å². The maximum Gasteiger partial charge on any atom is 0.257 e. The van der Waals surface area contributed by atoms with Crippen LogP contribution >= 0.6 is 0 Å². The van der Waals surface area contributed by atoms with Gasteiger partial charge in [0.2, 0.25) is 0 Å². The summed E-state index contributed by atoms with van der Waals surface area (Å²) in [7, 11) is 0. The number of hydrogen-bond acceptors (Lipinski definition) is 5. The van der Waals surface area contributed by atoms with E-state index in [0.29, 0.717) is 22.9 Å². The average molecular weight is 452 g/mol. The third-order valence-corrected chi connectivity index (χ3v) is 5.33. The summed E-state index contributed by atoms with van der Waals surface area (Å²) < 4.78 is 26.8. The van der Waals surface area contributed by atoms with Gasteiger partial charge in [0.1, 0.15) is 17.5 Å². The normalized spacial score (nSPS) is 13.9. The molecule has 33 heavy (non-hydrogen) atoms. The molecule has 7 nitrogen and oxygen atoms in total. The van der Waals surface area contributed by atoms with Gasteiger partial charge in [-0.3, -0.25) is 9.59 Å². The van der Waals surface area contributed by atoms with Crippen molar-refractivity contribution in [1.29, 1.82) is 0 Å². The summed E-state index contributed by atoms with van der Waals surface area (Å²) in [6, 6.07) is 9.32. The molecule has 5 N–H and O–H groups in total. The number of nitrogens with one attached hydrogen (secondary N) is 2. The van der Waals surface area contributed by atoms with Crippen molar-refractivity contribution in [3.63, 3.8) is 0 Å². The fraction of sp³-hybridized carbons (Fsp3) is 0.208. The summed E-state index contributed by atoms with van der Waals surface area (Å²) in [4.78, 5) is 29.0. The van der Waals surface area contributed by atoms with Gasteiger partial charge in [0.05, 0.1) is 5.56 Å². The Hall–Kier alpha value is -3.85. The Balaban J connectivity index is 1.52. The van der Waals surface area contributed by atoms with Gasteiger partial charge >= 0.3 is 0 Å². The van der Waals surface area contributed by atoms with Gasteiger partial charge in [-0.1, -0.05) is 6.07 Å². The molecular weight excluding hydrogens is 430 g/mol. The molecular formula is C24H22F2N4O3. The third-order valence-electron chi connectivity index (χ3n) is 5.33. The van der Waals surface area contributed by atoms with Gasteiger partial charge in [-0.15, -0.1) is 0 Å². The minimum absolute atomic E-state index is 0.140. The van der Waals surface area contributed by atoms with Gasteiger partial charge in [0.15, 0.2) is 6.10 Å². The van der Waals surface area contributed by atoms with Crippen LogP contribution < -0.4 is 16.4 Å². The van der Waals surface area contributed by atoms with Gasteiger partial charge in [-0.25, -0.2) is 13.8 Å². The Morgan fingerprint density at radius 2 is 1.82 bits per heavy atom. The zero-order chi connectivity index (χ0) is 23.7. The quantitative estimate of drug-likeness (QED) is 0.457. The molecule has 2 aromatic carbocycles. The van der Waals surface area contributed by atoms with Gasteiger partial charge < -0.3 is 21.5 Å². The predicted octanol–water partition coefficient (Wildman–Crippen LogP) is 3.48. The number of carbonyl (C=O) groups excluding carboxylic acids is 2. The number of halogens is 2. The lowest BCUT2D eigenvalue weighted by Gasteiger charge is -2.14. The SMILES string of the molecule is Cc1cc(NC(=O)C(O)c2cc(F)cc(F)c2)ccc1-c1cnc(N)c(C(=O)NC2CC2)c1. The molecule has 0 spiro atoms. The Bertz CT molecular complexity index is 1220. The third kappa shape index (κ3) is 5.15. The first-order valence-corrected chi connectivity index (χ1v) is 10.3. The van der Waals surface area contributed by atoms with Gasteiger partial charge in [0, 0.05) is 29.6 Å². The van der Waals surface area contributed by atoms with Crippen LogP contribution in [-0.4, -0.2) is 27.9 Å². The summed E-state index contributed by atoms with van der Waals surface area (Å²) >= 11 is 0. The molecule has 1 heterocycles. The molecule has 2 amide bonds. The van der Waals surface area contributed by atoms with Crippen LogP contribution in [-0.2, 0) is 4.79 Å². The monoisotopic (exact) mass is 452 g/mol.